The first kappa shape index (κ1) is 16.4. The van der Waals surface area contributed by atoms with Gasteiger partial charge in [0.05, 0.1) is 14.2 Å². The van der Waals surface area contributed by atoms with E-state index in [9.17, 15) is 5.02 Å². The molecular formula is C18H23BO3. The van der Waals surface area contributed by atoms with E-state index in [0.29, 0.717) is 0 Å². The molecule has 0 saturated heterocycles. The van der Waals surface area contributed by atoms with E-state index in [1.165, 1.54) is 0 Å². The average Bonchev–Trinajstić information content (AvgIpc) is 2.45. The van der Waals surface area contributed by atoms with Crippen LogP contribution >= 0.6 is 0 Å². The average molecular weight is 298 g/mol. The van der Waals surface area contributed by atoms with Crippen LogP contribution in [0.2, 0.25) is 0 Å². The molecule has 0 aromatic heterocycles. The predicted octanol–water partition coefficient (Wildman–Crippen LogP) is 2.04. The lowest BCUT2D eigenvalue weighted by molar-refractivity contribution is 0.414. The van der Waals surface area contributed by atoms with Crippen molar-refractivity contribution in [1.29, 1.82) is 0 Å². The minimum Gasteiger partial charge on any atom is -0.497 e. The van der Waals surface area contributed by atoms with Gasteiger partial charge in [0, 0.05) is 0 Å². The van der Waals surface area contributed by atoms with E-state index in [0.717, 1.165) is 44.7 Å². The molecule has 0 amide bonds. The molecule has 2 rings (SSSR count). The van der Waals surface area contributed by atoms with Gasteiger partial charge >= 0.3 is 6.92 Å². The minimum absolute atomic E-state index is 0.656. The molecule has 2 aromatic carbocycles. The van der Waals surface area contributed by atoms with Gasteiger partial charge in [-0.05, 0) is 85.1 Å². The molecule has 3 nitrogen and oxygen atoms in total. The van der Waals surface area contributed by atoms with Crippen LogP contribution in [0.15, 0.2) is 24.3 Å². The van der Waals surface area contributed by atoms with Crippen molar-refractivity contribution in [2.45, 2.75) is 27.7 Å². The maximum Gasteiger partial charge on any atom is 0.360 e. The summed E-state index contributed by atoms with van der Waals surface area (Å²) < 4.78 is 10.6. The number of rotatable bonds is 4. The molecule has 0 saturated carbocycles. The van der Waals surface area contributed by atoms with Crippen LogP contribution in [-0.4, -0.2) is 26.2 Å². The zero-order valence-corrected chi connectivity index (χ0v) is 14.2. The maximum atomic E-state index is 11.0. The first-order valence-electron chi connectivity index (χ1n) is 7.37. The van der Waals surface area contributed by atoms with Crippen LogP contribution in [0.4, 0.5) is 0 Å². The first-order chi connectivity index (χ1) is 10.4. The van der Waals surface area contributed by atoms with Gasteiger partial charge in [0.25, 0.3) is 0 Å². The summed E-state index contributed by atoms with van der Waals surface area (Å²) in [5.41, 5.74) is 5.99. The van der Waals surface area contributed by atoms with Crippen molar-refractivity contribution in [3.63, 3.8) is 0 Å². The second-order valence-electron chi connectivity index (χ2n) is 5.75. The fourth-order valence-corrected chi connectivity index (χ4v) is 3.11. The van der Waals surface area contributed by atoms with Crippen molar-refractivity contribution in [2.24, 2.45) is 0 Å². The number of hydrogen-bond donors (Lipinski definition) is 1. The Morgan fingerprint density at radius 2 is 0.955 bits per heavy atom. The molecule has 0 atom stereocenters. The second kappa shape index (κ2) is 6.45. The summed E-state index contributed by atoms with van der Waals surface area (Å²) in [7, 11) is 3.31. The van der Waals surface area contributed by atoms with Crippen molar-refractivity contribution in [3.05, 3.63) is 46.5 Å². The summed E-state index contributed by atoms with van der Waals surface area (Å²) in [6, 6.07) is 7.83. The van der Waals surface area contributed by atoms with Crippen LogP contribution in [0.3, 0.4) is 0 Å². The van der Waals surface area contributed by atoms with Crippen molar-refractivity contribution in [1.82, 2.24) is 0 Å². The smallest absolute Gasteiger partial charge is 0.360 e. The van der Waals surface area contributed by atoms with E-state index in [-0.39, 0.29) is 0 Å². The standard InChI is InChI=1S/C18H23BO3/c1-11-7-15(21-5)8-12(2)17(11)19(20)18-13(3)9-16(22-6)10-14(18)4/h7-10,20H,1-6H3. The van der Waals surface area contributed by atoms with Crippen LogP contribution in [0.1, 0.15) is 22.3 Å². The van der Waals surface area contributed by atoms with Gasteiger partial charge in [-0.1, -0.05) is 0 Å². The Hall–Kier alpha value is -1.94. The molecule has 0 aliphatic carbocycles. The van der Waals surface area contributed by atoms with E-state index in [4.69, 9.17) is 9.47 Å². The Kier molecular flexibility index (Phi) is 4.82. The molecule has 0 bridgehead atoms. The lowest BCUT2D eigenvalue weighted by Gasteiger charge is -2.19. The molecule has 1 N–H and O–H groups in total. The van der Waals surface area contributed by atoms with Crippen molar-refractivity contribution in [3.8, 4) is 11.5 Å². The monoisotopic (exact) mass is 298 g/mol. The summed E-state index contributed by atoms with van der Waals surface area (Å²) >= 11 is 0. The Balaban J connectivity index is 2.56. The third-order valence-corrected chi connectivity index (χ3v) is 4.15. The van der Waals surface area contributed by atoms with Crippen LogP contribution in [-0.2, 0) is 0 Å². The number of hydrogen-bond acceptors (Lipinski definition) is 3. The van der Waals surface area contributed by atoms with Gasteiger partial charge in [0.2, 0.25) is 0 Å². The largest absolute Gasteiger partial charge is 0.497 e. The second-order valence-corrected chi connectivity index (χ2v) is 5.75. The Bertz CT molecular complexity index is 589. The number of benzene rings is 2. The highest BCUT2D eigenvalue weighted by Crippen LogP contribution is 2.18. The Morgan fingerprint density at radius 1 is 0.682 bits per heavy atom. The van der Waals surface area contributed by atoms with Gasteiger partial charge in [-0.2, -0.15) is 0 Å². The van der Waals surface area contributed by atoms with Crippen molar-refractivity contribution >= 4 is 17.8 Å². The number of methoxy groups -OCH3 is 2. The topological polar surface area (TPSA) is 38.7 Å². The molecule has 0 heterocycles. The fourth-order valence-electron chi connectivity index (χ4n) is 3.11. The molecule has 0 fully saturated rings. The highest BCUT2D eigenvalue weighted by Gasteiger charge is 2.25. The van der Waals surface area contributed by atoms with E-state index >= 15 is 0 Å². The normalized spacial score (nSPS) is 10.5. The molecule has 0 aliphatic rings. The van der Waals surface area contributed by atoms with E-state index in [2.05, 4.69) is 0 Å². The summed E-state index contributed by atoms with van der Waals surface area (Å²) in [5, 5.41) is 11.0. The zero-order chi connectivity index (χ0) is 16.4. The van der Waals surface area contributed by atoms with Crippen LogP contribution in [0.25, 0.3) is 0 Å². The molecule has 0 spiro atoms. The lowest BCUT2D eigenvalue weighted by Crippen LogP contribution is -2.47. The lowest BCUT2D eigenvalue weighted by atomic mass is 9.51. The molecule has 0 aliphatic heterocycles. The first-order valence-corrected chi connectivity index (χ1v) is 7.37. The number of ether oxygens (including phenoxy) is 2. The molecule has 0 radical (unpaired) electrons. The van der Waals surface area contributed by atoms with Gasteiger partial charge in [0.1, 0.15) is 11.5 Å². The highest BCUT2D eigenvalue weighted by atomic mass is 16.5. The molecular weight excluding hydrogens is 275 g/mol. The summed E-state index contributed by atoms with van der Waals surface area (Å²) in [5.74, 6) is 1.63. The predicted molar refractivity (Wildman–Crippen MR) is 92.2 cm³/mol. The third-order valence-electron chi connectivity index (χ3n) is 4.15. The highest BCUT2D eigenvalue weighted by molar-refractivity contribution is 6.80. The van der Waals surface area contributed by atoms with Gasteiger partial charge in [-0.15, -0.1) is 0 Å². The molecule has 116 valence electrons. The van der Waals surface area contributed by atoms with E-state index in [1.54, 1.807) is 14.2 Å². The number of aryl methyl sites for hydroxylation is 4. The molecule has 0 unspecified atom stereocenters. The Labute approximate surface area is 133 Å². The van der Waals surface area contributed by atoms with Crippen molar-refractivity contribution < 1.29 is 14.5 Å². The van der Waals surface area contributed by atoms with Crippen LogP contribution < -0.4 is 20.4 Å². The molecule has 22 heavy (non-hydrogen) atoms. The van der Waals surface area contributed by atoms with Gasteiger partial charge in [-0.3, -0.25) is 0 Å². The van der Waals surface area contributed by atoms with Crippen LogP contribution in [0, 0.1) is 27.7 Å². The van der Waals surface area contributed by atoms with Gasteiger partial charge in [0.15, 0.2) is 0 Å². The zero-order valence-electron chi connectivity index (χ0n) is 14.2. The van der Waals surface area contributed by atoms with Gasteiger partial charge < -0.3 is 14.5 Å². The van der Waals surface area contributed by atoms with Crippen LogP contribution in [0.5, 0.6) is 11.5 Å². The fraction of sp³-hybridized carbons (Fsp3) is 0.333. The summed E-state index contributed by atoms with van der Waals surface area (Å²) in [6.07, 6.45) is 0. The maximum absolute atomic E-state index is 11.0. The van der Waals surface area contributed by atoms with E-state index in [1.807, 2.05) is 52.0 Å². The minimum atomic E-state index is -0.656. The Morgan fingerprint density at radius 3 is 1.18 bits per heavy atom. The summed E-state index contributed by atoms with van der Waals surface area (Å²) in [6.45, 7) is 7.35. The van der Waals surface area contributed by atoms with Gasteiger partial charge in [-0.25, -0.2) is 0 Å². The quantitative estimate of drug-likeness (QED) is 0.878. The van der Waals surface area contributed by atoms with Crippen molar-refractivity contribution in [2.75, 3.05) is 14.2 Å². The molecule has 4 heteroatoms. The molecule has 2 aromatic rings. The SMILES string of the molecule is COc1cc(C)c(B(O)c2c(C)cc(OC)cc2C)c(C)c1. The summed E-state index contributed by atoms with van der Waals surface area (Å²) in [4.78, 5) is 0. The van der Waals surface area contributed by atoms with E-state index < -0.39 is 6.92 Å². The third kappa shape index (κ3) is 2.97.